The molecule has 17 heavy (non-hydrogen) atoms. The lowest BCUT2D eigenvalue weighted by Crippen LogP contribution is -2.14. The first-order chi connectivity index (χ1) is 8.00. The first-order valence-corrected chi connectivity index (χ1v) is 6.79. The molecule has 2 aliphatic rings. The summed E-state index contributed by atoms with van der Waals surface area (Å²) < 4.78 is 0. The average Bonchev–Trinajstić information content (AvgIpc) is 2.82. The molecule has 0 nitrogen and oxygen atoms in total. The molecule has 0 saturated heterocycles. The molecule has 0 radical (unpaired) electrons. The molecule has 0 aromatic carbocycles. The Kier molecular flexibility index (Phi) is 3.16. The van der Waals surface area contributed by atoms with Gasteiger partial charge in [-0.2, -0.15) is 0 Å². The predicted octanol–water partition coefficient (Wildman–Crippen LogP) is 5.35. The number of rotatable bonds is 3. The van der Waals surface area contributed by atoms with E-state index in [0.29, 0.717) is 0 Å². The van der Waals surface area contributed by atoms with Crippen LogP contribution in [0.2, 0.25) is 0 Å². The molecule has 0 fully saturated rings. The Morgan fingerprint density at radius 1 is 1.24 bits per heavy atom. The van der Waals surface area contributed by atoms with E-state index in [2.05, 4.69) is 52.8 Å². The first kappa shape index (κ1) is 12.4. The molecule has 0 bridgehead atoms. The van der Waals surface area contributed by atoms with Gasteiger partial charge in [0.25, 0.3) is 0 Å². The Morgan fingerprint density at radius 3 is 2.47 bits per heavy atom. The first-order valence-electron chi connectivity index (χ1n) is 6.79. The van der Waals surface area contributed by atoms with E-state index in [1.165, 1.54) is 24.0 Å². The van der Waals surface area contributed by atoms with E-state index in [1.807, 2.05) is 0 Å². The summed E-state index contributed by atoms with van der Waals surface area (Å²) in [5, 5.41) is 0. The largest absolute Gasteiger partial charge is 0.0801 e. The Balaban J connectivity index is 2.49. The van der Waals surface area contributed by atoms with Crippen molar-refractivity contribution < 1.29 is 0 Å². The van der Waals surface area contributed by atoms with Crippen molar-refractivity contribution in [2.24, 2.45) is 5.41 Å². The van der Waals surface area contributed by atoms with Gasteiger partial charge in [0.05, 0.1) is 0 Å². The maximum Gasteiger partial charge on any atom is 0.0117 e. The fourth-order valence-electron chi connectivity index (χ4n) is 3.31. The zero-order valence-corrected chi connectivity index (χ0v) is 11.9. The normalized spacial score (nSPS) is 22.8. The monoisotopic (exact) mass is 228 g/mol. The quantitative estimate of drug-likeness (QED) is 0.611. The van der Waals surface area contributed by atoms with E-state index in [-0.39, 0.29) is 5.41 Å². The summed E-state index contributed by atoms with van der Waals surface area (Å²) in [7, 11) is 0. The van der Waals surface area contributed by atoms with Gasteiger partial charge in [-0.05, 0) is 49.0 Å². The van der Waals surface area contributed by atoms with Crippen molar-refractivity contribution >= 4 is 0 Å². The van der Waals surface area contributed by atoms with Crippen molar-refractivity contribution in [2.75, 3.05) is 0 Å². The Hall–Kier alpha value is -1.04. The lowest BCUT2D eigenvalue weighted by atomic mass is 9.77. The summed E-state index contributed by atoms with van der Waals surface area (Å²) in [6.45, 7) is 11.6. The third-order valence-electron chi connectivity index (χ3n) is 4.40. The van der Waals surface area contributed by atoms with Crippen LogP contribution in [0.5, 0.6) is 0 Å². The Bertz CT molecular complexity index is 450. The van der Waals surface area contributed by atoms with Crippen LogP contribution in [0, 0.1) is 5.41 Å². The van der Waals surface area contributed by atoms with Crippen LogP contribution in [-0.2, 0) is 0 Å². The van der Waals surface area contributed by atoms with Crippen LogP contribution in [0.1, 0.15) is 53.9 Å². The number of hydrogen-bond donors (Lipinski definition) is 0. The molecule has 0 amide bonds. The highest BCUT2D eigenvalue weighted by Crippen LogP contribution is 2.51. The maximum absolute atomic E-state index is 2.37. The topological polar surface area (TPSA) is 0 Å². The van der Waals surface area contributed by atoms with Gasteiger partial charge in [-0.15, -0.1) is 0 Å². The fourth-order valence-corrected chi connectivity index (χ4v) is 3.31. The highest BCUT2D eigenvalue weighted by atomic mass is 14.4. The summed E-state index contributed by atoms with van der Waals surface area (Å²) in [5.74, 6) is 0. The summed E-state index contributed by atoms with van der Waals surface area (Å²) in [5.41, 5.74) is 7.95. The van der Waals surface area contributed by atoms with Gasteiger partial charge in [0, 0.05) is 5.41 Å². The lowest BCUT2D eigenvalue weighted by molar-refractivity contribution is 0.555. The minimum atomic E-state index is 0.217. The molecule has 0 heteroatoms. The summed E-state index contributed by atoms with van der Waals surface area (Å²) in [4.78, 5) is 0. The third kappa shape index (κ3) is 1.84. The van der Waals surface area contributed by atoms with E-state index >= 15 is 0 Å². The van der Waals surface area contributed by atoms with Gasteiger partial charge in [-0.3, -0.25) is 0 Å². The van der Waals surface area contributed by atoms with Gasteiger partial charge in [0.1, 0.15) is 0 Å². The van der Waals surface area contributed by atoms with Gasteiger partial charge in [-0.1, -0.05) is 51.0 Å². The minimum absolute atomic E-state index is 0.217. The summed E-state index contributed by atoms with van der Waals surface area (Å²) >= 11 is 0. The molecule has 2 aliphatic carbocycles. The molecule has 0 heterocycles. The van der Waals surface area contributed by atoms with E-state index < -0.39 is 0 Å². The summed E-state index contributed by atoms with van der Waals surface area (Å²) in [6.07, 6.45) is 10.5. The predicted molar refractivity (Wildman–Crippen MR) is 75.9 cm³/mol. The van der Waals surface area contributed by atoms with Crippen molar-refractivity contribution in [3.63, 3.8) is 0 Å². The minimum Gasteiger partial charge on any atom is -0.0801 e. The molecule has 0 aromatic rings. The second-order valence-electron chi connectivity index (χ2n) is 5.78. The Labute approximate surface area is 106 Å². The third-order valence-corrected chi connectivity index (χ3v) is 4.40. The van der Waals surface area contributed by atoms with Crippen LogP contribution in [-0.4, -0.2) is 0 Å². The standard InChI is InChI=1S/C17H24/c1-6-9-15-12(2)16(14-10-7-8-11-14)17(4,5)13(15)3/h7,10-11H,6,8-9H2,1-5H3. The van der Waals surface area contributed by atoms with Crippen molar-refractivity contribution in [3.8, 4) is 0 Å². The molecular formula is C17H24. The smallest absolute Gasteiger partial charge is 0.0117 e. The fraction of sp³-hybridized carbons (Fsp3) is 0.529. The van der Waals surface area contributed by atoms with E-state index in [4.69, 9.17) is 0 Å². The average molecular weight is 228 g/mol. The molecular weight excluding hydrogens is 204 g/mol. The Morgan fingerprint density at radius 2 is 1.94 bits per heavy atom. The van der Waals surface area contributed by atoms with Gasteiger partial charge in [0.15, 0.2) is 0 Å². The van der Waals surface area contributed by atoms with Crippen LogP contribution in [0.15, 0.2) is 46.1 Å². The van der Waals surface area contributed by atoms with Crippen LogP contribution in [0.4, 0.5) is 0 Å². The van der Waals surface area contributed by atoms with E-state index in [9.17, 15) is 0 Å². The van der Waals surface area contributed by atoms with Crippen LogP contribution >= 0.6 is 0 Å². The van der Waals surface area contributed by atoms with Crippen LogP contribution in [0.3, 0.4) is 0 Å². The van der Waals surface area contributed by atoms with Gasteiger partial charge in [0.2, 0.25) is 0 Å². The number of hydrogen-bond acceptors (Lipinski definition) is 0. The zero-order chi connectivity index (χ0) is 12.6. The molecule has 0 atom stereocenters. The van der Waals surface area contributed by atoms with Gasteiger partial charge >= 0.3 is 0 Å². The molecule has 0 aliphatic heterocycles. The molecule has 0 aromatic heterocycles. The highest BCUT2D eigenvalue weighted by Gasteiger charge is 2.36. The molecule has 92 valence electrons. The van der Waals surface area contributed by atoms with Crippen LogP contribution in [0.25, 0.3) is 0 Å². The second-order valence-corrected chi connectivity index (χ2v) is 5.78. The summed E-state index contributed by atoms with van der Waals surface area (Å²) in [6, 6.07) is 0. The van der Waals surface area contributed by atoms with Crippen molar-refractivity contribution in [1.29, 1.82) is 0 Å². The molecule has 0 saturated carbocycles. The molecule has 2 rings (SSSR count). The van der Waals surface area contributed by atoms with Crippen molar-refractivity contribution in [3.05, 3.63) is 46.1 Å². The van der Waals surface area contributed by atoms with Gasteiger partial charge < -0.3 is 0 Å². The molecule has 0 unspecified atom stereocenters. The molecule has 0 N–H and O–H groups in total. The zero-order valence-electron chi connectivity index (χ0n) is 11.9. The van der Waals surface area contributed by atoms with E-state index in [0.717, 1.165) is 6.42 Å². The second kappa shape index (κ2) is 4.33. The van der Waals surface area contributed by atoms with E-state index in [1.54, 1.807) is 16.7 Å². The highest BCUT2D eigenvalue weighted by molar-refractivity contribution is 5.61. The maximum atomic E-state index is 2.37. The SMILES string of the molecule is CCCC1=C(C)C(C)(C)C(C2=CCC=C2)=C1C. The van der Waals surface area contributed by atoms with Crippen molar-refractivity contribution in [1.82, 2.24) is 0 Å². The van der Waals surface area contributed by atoms with Crippen LogP contribution < -0.4 is 0 Å². The van der Waals surface area contributed by atoms with Gasteiger partial charge in [-0.25, -0.2) is 0 Å². The lowest BCUT2D eigenvalue weighted by Gasteiger charge is -2.26. The molecule has 0 spiro atoms. The van der Waals surface area contributed by atoms with Crippen molar-refractivity contribution in [2.45, 2.75) is 53.9 Å². The number of allylic oxidation sites excluding steroid dienone is 8.